The van der Waals surface area contributed by atoms with Gasteiger partial charge in [-0.15, -0.1) is 0 Å². The van der Waals surface area contributed by atoms with E-state index >= 15 is 0 Å². The number of hydrogen-bond donors (Lipinski definition) is 1. The zero-order valence-electron chi connectivity index (χ0n) is 10.8. The van der Waals surface area contributed by atoms with Crippen LogP contribution in [-0.2, 0) is 0 Å². The Labute approximate surface area is 115 Å². The molecule has 1 aromatic carbocycles. The van der Waals surface area contributed by atoms with Gasteiger partial charge in [0, 0.05) is 23.8 Å². The van der Waals surface area contributed by atoms with Crippen molar-refractivity contribution in [3.05, 3.63) is 36.4 Å². The van der Waals surface area contributed by atoms with Crippen molar-refractivity contribution in [2.45, 2.75) is 19.3 Å². The minimum absolute atomic E-state index is 0.592. The molecule has 0 bridgehead atoms. The number of benzene rings is 1. The van der Waals surface area contributed by atoms with Gasteiger partial charge in [-0.25, -0.2) is 0 Å². The lowest BCUT2D eigenvalue weighted by Gasteiger charge is -2.26. The fourth-order valence-corrected chi connectivity index (χ4v) is 2.44. The van der Waals surface area contributed by atoms with Gasteiger partial charge in [0.1, 0.15) is 0 Å². The largest absolute Gasteiger partial charge is 0.384 e. The second kappa shape index (κ2) is 6.81. The SMILES string of the molecule is C=C(Cl)c1ccc(NCCN2CCCCC2)cc1. The molecular formula is C15H21ClN2. The van der Waals surface area contributed by atoms with Gasteiger partial charge in [0.05, 0.1) is 0 Å². The summed E-state index contributed by atoms with van der Waals surface area (Å²) >= 11 is 5.84. The number of halogens is 1. The highest BCUT2D eigenvalue weighted by Gasteiger charge is 2.08. The van der Waals surface area contributed by atoms with E-state index in [0.717, 1.165) is 24.3 Å². The molecule has 1 N–H and O–H groups in total. The van der Waals surface area contributed by atoms with E-state index in [9.17, 15) is 0 Å². The number of anilines is 1. The Morgan fingerprint density at radius 3 is 2.44 bits per heavy atom. The number of nitrogens with zero attached hydrogens (tertiary/aromatic N) is 1. The van der Waals surface area contributed by atoms with Crippen LogP contribution in [0.25, 0.3) is 5.03 Å². The quantitative estimate of drug-likeness (QED) is 0.870. The number of hydrogen-bond acceptors (Lipinski definition) is 2. The third-order valence-electron chi connectivity index (χ3n) is 3.40. The molecule has 2 rings (SSSR count). The first-order valence-electron chi connectivity index (χ1n) is 6.67. The highest BCUT2D eigenvalue weighted by atomic mass is 35.5. The number of rotatable bonds is 5. The molecule has 0 saturated carbocycles. The summed E-state index contributed by atoms with van der Waals surface area (Å²) < 4.78 is 0. The monoisotopic (exact) mass is 264 g/mol. The Balaban J connectivity index is 1.74. The van der Waals surface area contributed by atoms with E-state index in [-0.39, 0.29) is 0 Å². The molecule has 98 valence electrons. The summed E-state index contributed by atoms with van der Waals surface area (Å²) in [5.74, 6) is 0. The molecule has 1 saturated heterocycles. The van der Waals surface area contributed by atoms with Crippen molar-refractivity contribution >= 4 is 22.3 Å². The standard InChI is InChI=1S/C15H21ClN2/c1-13(16)14-5-7-15(8-6-14)17-9-12-18-10-3-2-4-11-18/h5-8,17H,1-4,9-12H2. The summed E-state index contributed by atoms with van der Waals surface area (Å²) in [4.78, 5) is 2.53. The molecule has 1 aromatic rings. The number of piperidine rings is 1. The van der Waals surface area contributed by atoms with Gasteiger partial charge < -0.3 is 10.2 Å². The minimum Gasteiger partial charge on any atom is -0.384 e. The van der Waals surface area contributed by atoms with Gasteiger partial charge in [0.15, 0.2) is 0 Å². The molecule has 0 amide bonds. The van der Waals surface area contributed by atoms with Crippen LogP contribution in [0, 0.1) is 0 Å². The smallest absolute Gasteiger partial charge is 0.0406 e. The van der Waals surface area contributed by atoms with Crippen molar-refractivity contribution in [1.29, 1.82) is 0 Å². The van der Waals surface area contributed by atoms with Crippen molar-refractivity contribution in [2.24, 2.45) is 0 Å². The first-order valence-corrected chi connectivity index (χ1v) is 7.04. The average molecular weight is 265 g/mol. The molecule has 2 nitrogen and oxygen atoms in total. The van der Waals surface area contributed by atoms with Crippen LogP contribution in [0.3, 0.4) is 0 Å². The molecule has 18 heavy (non-hydrogen) atoms. The maximum absolute atomic E-state index is 5.84. The first kappa shape index (κ1) is 13.4. The molecular weight excluding hydrogens is 244 g/mol. The lowest BCUT2D eigenvalue weighted by Crippen LogP contribution is -2.33. The average Bonchev–Trinajstić information content (AvgIpc) is 2.40. The second-order valence-electron chi connectivity index (χ2n) is 4.81. The van der Waals surface area contributed by atoms with Crippen LogP contribution >= 0.6 is 11.6 Å². The summed E-state index contributed by atoms with van der Waals surface area (Å²) in [6.45, 7) is 8.36. The minimum atomic E-state index is 0.592. The maximum Gasteiger partial charge on any atom is 0.0406 e. The van der Waals surface area contributed by atoms with E-state index in [1.165, 1.54) is 32.4 Å². The molecule has 0 unspecified atom stereocenters. The van der Waals surface area contributed by atoms with Crippen molar-refractivity contribution in [3.63, 3.8) is 0 Å². The third-order valence-corrected chi connectivity index (χ3v) is 3.62. The van der Waals surface area contributed by atoms with Crippen molar-refractivity contribution in [2.75, 3.05) is 31.5 Å². The Bertz CT molecular complexity index is 380. The molecule has 1 aliphatic rings. The summed E-state index contributed by atoms with van der Waals surface area (Å²) in [6.07, 6.45) is 4.10. The van der Waals surface area contributed by atoms with Crippen molar-refractivity contribution < 1.29 is 0 Å². The van der Waals surface area contributed by atoms with E-state index in [0.29, 0.717) is 5.03 Å². The van der Waals surface area contributed by atoms with Gasteiger partial charge in [-0.1, -0.05) is 36.7 Å². The van der Waals surface area contributed by atoms with Crippen LogP contribution in [-0.4, -0.2) is 31.1 Å². The van der Waals surface area contributed by atoms with Gasteiger partial charge in [0.2, 0.25) is 0 Å². The molecule has 3 heteroatoms. The van der Waals surface area contributed by atoms with Crippen LogP contribution in [0.5, 0.6) is 0 Å². The molecule has 0 radical (unpaired) electrons. The van der Waals surface area contributed by atoms with Crippen molar-refractivity contribution in [1.82, 2.24) is 4.90 Å². The van der Waals surface area contributed by atoms with E-state index in [1.54, 1.807) is 0 Å². The lowest BCUT2D eigenvalue weighted by molar-refractivity contribution is 0.237. The van der Waals surface area contributed by atoms with Gasteiger partial charge in [-0.3, -0.25) is 0 Å². The zero-order valence-corrected chi connectivity index (χ0v) is 11.5. The number of likely N-dealkylation sites (tertiary alicyclic amines) is 1. The molecule has 0 atom stereocenters. The summed E-state index contributed by atoms with van der Waals surface area (Å²) in [7, 11) is 0. The summed E-state index contributed by atoms with van der Waals surface area (Å²) in [5, 5.41) is 4.04. The van der Waals surface area contributed by atoms with E-state index in [4.69, 9.17) is 11.6 Å². The maximum atomic E-state index is 5.84. The summed E-state index contributed by atoms with van der Waals surface area (Å²) in [6, 6.07) is 8.11. The number of nitrogens with one attached hydrogen (secondary N) is 1. The van der Waals surface area contributed by atoms with Gasteiger partial charge in [-0.05, 0) is 43.6 Å². The Morgan fingerprint density at radius 1 is 1.17 bits per heavy atom. The van der Waals surface area contributed by atoms with Crippen molar-refractivity contribution in [3.8, 4) is 0 Å². The molecule has 0 aliphatic carbocycles. The summed E-state index contributed by atoms with van der Waals surface area (Å²) in [5.41, 5.74) is 2.13. The van der Waals surface area contributed by atoms with Crippen LogP contribution in [0.1, 0.15) is 24.8 Å². The van der Waals surface area contributed by atoms with Gasteiger partial charge in [-0.2, -0.15) is 0 Å². The Kier molecular flexibility index (Phi) is 5.09. The topological polar surface area (TPSA) is 15.3 Å². The van der Waals surface area contributed by atoms with Gasteiger partial charge in [0.25, 0.3) is 0 Å². The van der Waals surface area contributed by atoms with E-state index in [2.05, 4.69) is 28.9 Å². The molecule has 1 heterocycles. The highest BCUT2D eigenvalue weighted by Crippen LogP contribution is 2.18. The first-order chi connectivity index (χ1) is 8.75. The fraction of sp³-hybridized carbons (Fsp3) is 0.467. The second-order valence-corrected chi connectivity index (χ2v) is 5.27. The molecule has 0 aromatic heterocycles. The van der Waals surface area contributed by atoms with E-state index < -0.39 is 0 Å². The van der Waals surface area contributed by atoms with Crippen LogP contribution in [0.2, 0.25) is 0 Å². The highest BCUT2D eigenvalue weighted by molar-refractivity contribution is 6.48. The fourth-order valence-electron chi connectivity index (χ4n) is 2.31. The van der Waals surface area contributed by atoms with Crippen LogP contribution in [0.15, 0.2) is 30.8 Å². The van der Waals surface area contributed by atoms with Crippen LogP contribution in [0.4, 0.5) is 5.69 Å². The lowest BCUT2D eigenvalue weighted by atomic mass is 10.1. The third kappa shape index (κ3) is 4.04. The zero-order chi connectivity index (χ0) is 12.8. The predicted octanol–water partition coefficient (Wildman–Crippen LogP) is 3.79. The Hall–Kier alpha value is -0.990. The molecule has 0 spiro atoms. The molecule has 1 aliphatic heterocycles. The van der Waals surface area contributed by atoms with Crippen LogP contribution < -0.4 is 5.32 Å². The van der Waals surface area contributed by atoms with Gasteiger partial charge >= 0.3 is 0 Å². The Morgan fingerprint density at radius 2 is 1.83 bits per heavy atom. The van der Waals surface area contributed by atoms with E-state index in [1.807, 2.05) is 12.1 Å². The molecule has 1 fully saturated rings. The normalized spacial score (nSPS) is 16.5. The predicted molar refractivity (Wildman–Crippen MR) is 80.1 cm³/mol.